The van der Waals surface area contributed by atoms with E-state index in [-0.39, 0.29) is 31.7 Å². The molecule has 1 aromatic rings. The summed E-state index contributed by atoms with van der Waals surface area (Å²) < 4.78 is 36.3. The zero-order valence-electron chi connectivity index (χ0n) is 15.1. The Labute approximate surface area is 154 Å². The van der Waals surface area contributed by atoms with Gasteiger partial charge in [-0.1, -0.05) is 25.3 Å². The molecule has 1 aliphatic heterocycles. The lowest BCUT2D eigenvalue weighted by Crippen LogP contribution is -2.42. The summed E-state index contributed by atoms with van der Waals surface area (Å²) in [4.78, 5) is 12.2. The molecule has 26 heavy (non-hydrogen) atoms. The lowest BCUT2D eigenvalue weighted by Gasteiger charge is -2.32. The maximum absolute atomic E-state index is 12.2. The van der Waals surface area contributed by atoms with E-state index in [9.17, 15) is 13.2 Å². The van der Waals surface area contributed by atoms with Crippen molar-refractivity contribution in [3.05, 3.63) is 23.8 Å². The van der Waals surface area contributed by atoms with E-state index >= 15 is 0 Å². The van der Waals surface area contributed by atoms with Crippen LogP contribution in [0.25, 0.3) is 0 Å². The Kier molecular flexibility index (Phi) is 6.03. The molecular formula is C18H26N2O5S. The summed E-state index contributed by atoms with van der Waals surface area (Å²) in [5, 5.41) is 2.84. The lowest BCUT2D eigenvalue weighted by molar-refractivity contribution is -0.121. The molecule has 0 unspecified atom stereocenters. The summed E-state index contributed by atoms with van der Waals surface area (Å²) in [5.74, 6) is 1.22. The predicted molar refractivity (Wildman–Crippen MR) is 97.5 cm³/mol. The van der Waals surface area contributed by atoms with Crippen LogP contribution in [0, 0.1) is 0 Å². The number of fused-ring (bicyclic) bond motifs is 1. The zero-order valence-corrected chi connectivity index (χ0v) is 15.9. The van der Waals surface area contributed by atoms with Gasteiger partial charge < -0.3 is 14.8 Å². The van der Waals surface area contributed by atoms with E-state index in [0.29, 0.717) is 18.0 Å². The molecule has 8 heteroatoms. The van der Waals surface area contributed by atoms with Crippen molar-refractivity contribution >= 4 is 15.9 Å². The number of hydrogen-bond donors (Lipinski definition) is 1. The number of rotatable bonds is 7. The summed E-state index contributed by atoms with van der Waals surface area (Å²) in [5.41, 5.74) is 0.912. The van der Waals surface area contributed by atoms with Gasteiger partial charge in [0.2, 0.25) is 22.7 Å². The van der Waals surface area contributed by atoms with E-state index in [0.717, 1.165) is 37.7 Å². The Morgan fingerprint density at radius 3 is 2.65 bits per heavy atom. The molecule has 0 bridgehead atoms. The average Bonchev–Trinajstić information content (AvgIpc) is 3.07. The lowest BCUT2D eigenvalue weighted by atomic mass is 9.95. The molecule has 7 nitrogen and oxygen atoms in total. The van der Waals surface area contributed by atoms with Gasteiger partial charge in [0.15, 0.2) is 11.5 Å². The SMILES string of the molecule is CS(=O)(=O)N(CCC(=O)NCc1ccc2c(c1)OCO2)C1CCCCC1. The standard InChI is InChI=1S/C18H26N2O5S/c1-26(22,23)20(15-5-3-2-4-6-15)10-9-18(21)19-12-14-7-8-16-17(11-14)25-13-24-16/h7-8,11,15H,2-6,9-10,12-13H2,1H3,(H,19,21). The fourth-order valence-corrected chi connectivity index (χ4v) is 4.72. The topological polar surface area (TPSA) is 84.9 Å². The molecule has 0 aromatic heterocycles. The highest BCUT2D eigenvalue weighted by molar-refractivity contribution is 7.88. The Morgan fingerprint density at radius 2 is 1.92 bits per heavy atom. The number of sulfonamides is 1. The van der Waals surface area contributed by atoms with Crippen molar-refractivity contribution in [3.63, 3.8) is 0 Å². The van der Waals surface area contributed by atoms with E-state index in [1.165, 1.54) is 10.6 Å². The summed E-state index contributed by atoms with van der Waals surface area (Å²) in [6.45, 7) is 0.821. The van der Waals surface area contributed by atoms with Crippen LogP contribution in [0.3, 0.4) is 0 Å². The maximum atomic E-state index is 12.2. The minimum atomic E-state index is -3.31. The summed E-state index contributed by atoms with van der Waals surface area (Å²) in [6, 6.07) is 5.56. The molecule has 0 radical (unpaired) electrons. The van der Waals surface area contributed by atoms with Crippen LogP contribution in [0.4, 0.5) is 0 Å². The third-order valence-electron chi connectivity index (χ3n) is 4.89. The molecule has 1 aromatic carbocycles. The Morgan fingerprint density at radius 1 is 1.19 bits per heavy atom. The highest BCUT2D eigenvalue weighted by Crippen LogP contribution is 2.32. The molecule has 3 rings (SSSR count). The van der Waals surface area contributed by atoms with Gasteiger partial charge in [0, 0.05) is 25.6 Å². The van der Waals surface area contributed by atoms with Crippen molar-refractivity contribution in [2.24, 2.45) is 0 Å². The Bertz CT molecular complexity index is 744. The van der Waals surface area contributed by atoms with Gasteiger partial charge in [0.1, 0.15) is 0 Å². The molecule has 1 aliphatic carbocycles. The second kappa shape index (κ2) is 8.26. The first-order valence-electron chi connectivity index (χ1n) is 9.05. The third kappa shape index (κ3) is 4.88. The van der Waals surface area contributed by atoms with E-state index in [2.05, 4.69) is 5.32 Å². The molecule has 1 heterocycles. The van der Waals surface area contributed by atoms with E-state index in [1.54, 1.807) is 0 Å². The van der Waals surface area contributed by atoms with Crippen LogP contribution in [0.2, 0.25) is 0 Å². The Hall–Kier alpha value is -1.80. The molecule has 1 amide bonds. The average molecular weight is 382 g/mol. The molecular weight excluding hydrogens is 356 g/mol. The van der Waals surface area contributed by atoms with Crippen molar-refractivity contribution in [2.75, 3.05) is 19.6 Å². The van der Waals surface area contributed by atoms with Gasteiger partial charge in [-0.25, -0.2) is 8.42 Å². The second-order valence-electron chi connectivity index (χ2n) is 6.88. The van der Waals surface area contributed by atoms with Crippen LogP contribution < -0.4 is 14.8 Å². The molecule has 0 spiro atoms. The smallest absolute Gasteiger partial charge is 0.231 e. The van der Waals surface area contributed by atoms with E-state index in [1.807, 2.05) is 18.2 Å². The number of nitrogens with zero attached hydrogens (tertiary/aromatic N) is 1. The number of carbonyl (C=O) groups excluding carboxylic acids is 1. The quantitative estimate of drug-likeness (QED) is 0.780. The first-order valence-corrected chi connectivity index (χ1v) is 10.9. The molecule has 2 aliphatic rings. The minimum Gasteiger partial charge on any atom is -0.454 e. The van der Waals surface area contributed by atoms with Crippen LogP contribution >= 0.6 is 0 Å². The fourth-order valence-electron chi connectivity index (χ4n) is 3.54. The van der Waals surface area contributed by atoms with Crippen molar-refractivity contribution < 1.29 is 22.7 Å². The highest BCUT2D eigenvalue weighted by Gasteiger charge is 2.28. The van der Waals surface area contributed by atoms with Crippen LogP contribution in [0.15, 0.2) is 18.2 Å². The normalized spacial score (nSPS) is 17.5. The van der Waals surface area contributed by atoms with Gasteiger partial charge in [-0.3, -0.25) is 4.79 Å². The molecule has 1 fully saturated rings. The van der Waals surface area contributed by atoms with E-state index < -0.39 is 10.0 Å². The number of hydrogen-bond acceptors (Lipinski definition) is 5. The molecule has 1 saturated carbocycles. The summed E-state index contributed by atoms with van der Waals surface area (Å²) in [6.07, 6.45) is 6.40. The first-order chi connectivity index (χ1) is 12.4. The summed E-state index contributed by atoms with van der Waals surface area (Å²) in [7, 11) is -3.31. The molecule has 0 saturated heterocycles. The third-order valence-corrected chi connectivity index (χ3v) is 6.23. The van der Waals surface area contributed by atoms with Crippen molar-refractivity contribution in [3.8, 4) is 11.5 Å². The van der Waals surface area contributed by atoms with Gasteiger partial charge >= 0.3 is 0 Å². The monoisotopic (exact) mass is 382 g/mol. The van der Waals surface area contributed by atoms with Crippen molar-refractivity contribution in [1.29, 1.82) is 0 Å². The molecule has 0 atom stereocenters. The number of carbonyl (C=O) groups is 1. The van der Waals surface area contributed by atoms with Crippen LogP contribution in [0.5, 0.6) is 11.5 Å². The number of ether oxygens (including phenoxy) is 2. The maximum Gasteiger partial charge on any atom is 0.231 e. The largest absolute Gasteiger partial charge is 0.454 e. The minimum absolute atomic E-state index is 0.0282. The van der Waals surface area contributed by atoms with Crippen molar-refractivity contribution in [1.82, 2.24) is 9.62 Å². The predicted octanol–water partition coefficient (Wildman–Crippen LogP) is 2.02. The van der Waals surface area contributed by atoms with Crippen LogP contribution in [-0.4, -0.2) is 44.3 Å². The van der Waals surface area contributed by atoms with Gasteiger partial charge in [-0.15, -0.1) is 0 Å². The molecule has 144 valence electrons. The van der Waals surface area contributed by atoms with E-state index in [4.69, 9.17) is 9.47 Å². The number of nitrogens with one attached hydrogen (secondary N) is 1. The first kappa shape index (κ1) is 19.0. The van der Waals surface area contributed by atoms with Gasteiger partial charge in [-0.2, -0.15) is 4.31 Å². The second-order valence-corrected chi connectivity index (χ2v) is 8.81. The number of benzene rings is 1. The van der Waals surface area contributed by atoms with Crippen molar-refractivity contribution in [2.45, 2.75) is 51.1 Å². The van der Waals surface area contributed by atoms with Crippen LogP contribution in [-0.2, 0) is 21.4 Å². The zero-order chi connectivity index (χ0) is 18.6. The summed E-state index contributed by atoms with van der Waals surface area (Å²) >= 11 is 0. The Balaban J connectivity index is 1.50. The number of amides is 1. The van der Waals surface area contributed by atoms with Crippen LogP contribution in [0.1, 0.15) is 44.1 Å². The highest BCUT2D eigenvalue weighted by atomic mass is 32.2. The van der Waals surface area contributed by atoms with Gasteiger partial charge in [-0.05, 0) is 30.5 Å². The van der Waals surface area contributed by atoms with Gasteiger partial charge in [0.05, 0.1) is 6.26 Å². The fraction of sp³-hybridized carbons (Fsp3) is 0.611. The van der Waals surface area contributed by atoms with Gasteiger partial charge in [0.25, 0.3) is 0 Å². The molecule has 1 N–H and O–H groups in total.